The van der Waals surface area contributed by atoms with E-state index in [2.05, 4.69) is 10.2 Å². The van der Waals surface area contributed by atoms with E-state index in [-0.39, 0.29) is 24.6 Å². The number of carbonyl (C=O) groups excluding carboxylic acids is 3. The van der Waals surface area contributed by atoms with Gasteiger partial charge >= 0.3 is 12.0 Å². The zero-order chi connectivity index (χ0) is 25.1. The molecule has 3 amide bonds. The van der Waals surface area contributed by atoms with Gasteiger partial charge in [0.25, 0.3) is 5.91 Å². The number of amides is 3. The summed E-state index contributed by atoms with van der Waals surface area (Å²) in [6, 6.07) is 8.24. The molecule has 0 saturated carbocycles. The summed E-state index contributed by atoms with van der Waals surface area (Å²) in [6.07, 6.45) is 0. The molecule has 1 aromatic heterocycles. The average Bonchev–Trinajstić information content (AvgIpc) is 3.37. The molecule has 3 heterocycles. The first kappa shape index (κ1) is 24.9. The number of hydrogen-bond acceptors (Lipinski definition) is 6. The molecule has 2 aliphatic rings. The lowest BCUT2D eigenvalue weighted by Crippen LogP contribution is -2.56. The van der Waals surface area contributed by atoms with Crippen molar-refractivity contribution in [2.75, 3.05) is 39.8 Å². The van der Waals surface area contributed by atoms with E-state index in [1.54, 1.807) is 26.1 Å². The molecule has 4 rings (SSSR count). The van der Waals surface area contributed by atoms with Gasteiger partial charge in [-0.1, -0.05) is 18.2 Å². The fourth-order valence-electron chi connectivity index (χ4n) is 4.54. The fraction of sp³-hybridized carbons (Fsp3) is 0.400. The van der Waals surface area contributed by atoms with E-state index in [1.165, 1.54) is 28.4 Å². The van der Waals surface area contributed by atoms with Crippen LogP contribution in [0.25, 0.3) is 0 Å². The Morgan fingerprint density at radius 2 is 1.94 bits per heavy atom. The molecule has 8 nitrogen and oxygen atoms in total. The second kappa shape index (κ2) is 10.6. The van der Waals surface area contributed by atoms with Crippen molar-refractivity contribution in [3.05, 3.63) is 69.3 Å². The van der Waals surface area contributed by atoms with Crippen LogP contribution in [-0.4, -0.2) is 78.5 Å². The molecular formula is C25H29FN4O4S. The number of benzene rings is 1. The minimum Gasteiger partial charge on any atom is -0.463 e. The molecule has 2 aromatic rings. The summed E-state index contributed by atoms with van der Waals surface area (Å²) in [4.78, 5) is 44.9. The Morgan fingerprint density at radius 1 is 1.20 bits per heavy atom. The summed E-state index contributed by atoms with van der Waals surface area (Å²) in [5.41, 5.74) is 1.45. The van der Waals surface area contributed by atoms with E-state index in [9.17, 15) is 18.8 Å². The number of piperazine rings is 1. The summed E-state index contributed by atoms with van der Waals surface area (Å²) in [5, 5.41) is 4.73. The molecular weight excluding hydrogens is 471 g/mol. The Hall–Kier alpha value is -3.24. The van der Waals surface area contributed by atoms with Gasteiger partial charge in [-0.3, -0.25) is 14.6 Å². The van der Waals surface area contributed by atoms with Crippen LogP contribution in [0.1, 0.15) is 35.1 Å². The van der Waals surface area contributed by atoms with E-state index in [1.807, 2.05) is 29.3 Å². The van der Waals surface area contributed by atoms with Gasteiger partial charge in [-0.2, -0.15) is 0 Å². The highest BCUT2D eigenvalue weighted by Crippen LogP contribution is 2.32. The van der Waals surface area contributed by atoms with E-state index in [0.29, 0.717) is 47.9 Å². The normalized spacial score (nSPS) is 21.2. The van der Waals surface area contributed by atoms with Gasteiger partial charge in [-0.15, -0.1) is 11.3 Å². The number of thiophene rings is 1. The zero-order valence-corrected chi connectivity index (χ0v) is 20.8. The van der Waals surface area contributed by atoms with Gasteiger partial charge in [0.1, 0.15) is 5.82 Å². The van der Waals surface area contributed by atoms with E-state index < -0.39 is 17.8 Å². The molecule has 1 N–H and O–H groups in total. The lowest BCUT2D eigenvalue weighted by atomic mass is 9.94. The summed E-state index contributed by atoms with van der Waals surface area (Å²) in [6.45, 7) is 5.96. The summed E-state index contributed by atoms with van der Waals surface area (Å²) >= 11 is 1.43. The lowest BCUT2D eigenvalue weighted by Gasteiger charge is -2.42. The van der Waals surface area contributed by atoms with Gasteiger partial charge in [0.15, 0.2) is 0 Å². The van der Waals surface area contributed by atoms with Crippen molar-refractivity contribution in [1.29, 1.82) is 0 Å². The topological polar surface area (TPSA) is 82.2 Å². The molecule has 2 unspecified atom stereocenters. The van der Waals surface area contributed by atoms with Crippen LogP contribution in [0.4, 0.5) is 9.18 Å². The molecule has 35 heavy (non-hydrogen) atoms. The highest BCUT2D eigenvalue weighted by molar-refractivity contribution is 7.12. The number of nitrogens with one attached hydrogen (secondary N) is 1. The van der Waals surface area contributed by atoms with E-state index >= 15 is 0 Å². The highest BCUT2D eigenvalue weighted by Gasteiger charge is 2.38. The number of nitrogens with zero attached hydrogens (tertiary/aromatic N) is 3. The largest absolute Gasteiger partial charge is 0.463 e. The second-order valence-corrected chi connectivity index (χ2v) is 9.58. The second-order valence-electron chi connectivity index (χ2n) is 8.63. The van der Waals surface area contributed by atoms with Crippen LogP contribution < -0.4 is 5.32 Å². The van der Waals surface area contributed by atoms with Crippen LogP contribution in [0, 0.1) is 5.82 Å². The molecule has 0 bridgehead atoms. The first-order valence-corrected chi connectivity index (χ1v) is 12.4. The number of ether oxygens (including phenoxy) is 1. The first-order valence-electron chi connectivity index (χ1n) is 11.6. The number of carbonyl (C=O) groups is 3. The Bertz CT molecular complexity index is 1120. The lowest BCUT2D eigenvalue weighted by molar-refractivity contribution is -0.139. The predicted molar refractivity (Wildman–Crippen MR) is 130 cm³/mol. The Kier molecular flexibility index (Phi) is 7.51. The van der Waals surface area contributed by atoms with Crippen molar-refractivity contribution in [2.24, 2.45) is 0 Å². The molecule has 10 heteroatoms. The monoisotopic (exact) mass is 500 g/mol. The van der Waals surface area contributed by atoms with Crippen LogP contribution >= 0.6 is 11.3 Å². The van der Waals surface area contributed by atoms with Crippen molar-refractivity contribution in [2.45, 2.75) is 25.9 Å². The minimum atomic E-state index is -0.757. The zero-order valence-electron chi connectivity index (χ0n) is 20.0. The standard InChI is InChI=1S/C25H29FN4O4S/c1-4-34-24(32)21-19(28(3)25(33)27-22(21)17-7-9-18(26)10-8-17)15-29-11-12-30(16(2)14-29)23(31)20-6-5-13-35-20/h5-10,13,16,22H,4,11-12,14-15H2,1-3H3,(H,27,33). The van der Waals surface area contributed by atoms with Crippen molar-refractivity contribution in [3.63, 3.8) is 0 Å². The Labute approximate surface area is 207 Å². The van der Waals surface area contributed by atoms with Gasteiger partial charge in [0, 0.05) is 45.0 Å². The third kappa shape index (κ3) is 5.23. The first-order chi connectivity index (χ1) is 16.8. The maximum Gasteiger partial charge on any atom is 0.338 e. The number of esters is 1. The maximum absolute atomic E-state index is 13.5. The van der Waals surface area contributed by atoms with Crippen LogP contribution in [0.5, 0.6) is 0 Å². The van der Waals surface area contributed by atoms with Crippen molar-refractivity contribution >= 4 is 29.2 Å². The minimum absolute atomic E-state index is 0.0177. The third-order valence-electron chi connectivity index (χ3n) is 6.35. The molecule has 0 radical (unpaired) electrons. The number of hydrogen-bond donors (Lipinski definition) is 1. The fourth-order valence-corrected chi connectivity index (χ4v) is 5.21. The van der Waals surface area contributed by atoms with Crippen LogP contribution in [-0.2, 0) is 9.53 Å². The predicted octanol–water partition coefficient (Wildman–Crippen LogP) is 3.25. The number of urea groups is 1. The molecule has 2 atom stereocenters. The molecule has 0 aliphatic carbocycles. The Morgan fingerprint density at radius 3 is 2.57 bits per heavy atom. The van der Waals surface area contributed by atoms with E-state index in [4.69, 9.17) is 4.74 Å². The van der Waals surface area contributed by atoms with Gasteiger partial charge in [0.2, 0.25) is 0 Å². The van der Waals surface area contributed by atoms with Crippen molar-refractivity contribution < 1.29 is 23.5 Å². The molecule has 1 saturated heterocycles. The number of rotatable bonds is 6. The van der Waals surface area contributed by atoms with Gasteiger partial charge in [-0.05, 0) is 43.0 Å². The van der Waals surface area contributed by atoms with Gasteiger partial charge in [-0.25, -0.2) is 14.0 Å². The van der Waals surface area contributed by atoms with Gasteiger partial charge < -0.3 is 15.0 Å². The smallest absolute Gasteiger partial charge is 0.338 e. The summed E-state index contributed by atoms with van der Waals surface area (Å²) in [7, 11) is 1.62. The summed E-state index contributed by atoms with van der Waals surface area (Å²) < 4.78 is 18.9. The maximum atomic E-state index is 13.5. The highest BCUT2D eigenvalue weighted by atomic mass is 32.1. The van der Waals surface area contributed by atoms with Crippen LogP contribution in [0.2, 0.25) is 0 Å². The summed E-state index contributed by atoms with van der Waals surface area (Å²) in [5.74, 6) is -0.911. The van der Waals surface area contributed by atoms with Crippen LogP contribution in [0.3, 0.4) is 0 Å². The third-order valence-corrected chi connectivity index (χ3v) is 7.21. The molecule has 2 aliphatic heterocycles. The molecule has 0 spiro atoms. The number of likely N-dealkylation sites (N-methyl/N-ethyl adjacent to an activating group) is 1. The van der Waals surface area contributed by atoms with Gasteiger partial charge in [0.05, 0.1) is 23.1 Å². The van der Waals surface area contributed by atoms with Crippen molar-refractivity contribution in [1.82, 2.24) is 20.0 Å². The van der Waals surface area contributed by atoms with E-state index in [0.717, 1.165) is 0 Å². The quantitative estimate of drug-likeness (QED) is 0.616. The molecule has 186 valence electrons. The van der Waals surface area contributed by atoms with Crippen molar-refractivity contribution in [3.8, 4) is 0 Å². The average molecular weight is 501 g/mol. The molecule has 1 aromatic carbocycles. The number of halogens is 1. The SMILES string of the molecule is CCOC(=O)C1=C(CN2CCN(C(=O)c3cccs3)C(C)C2)N(C)C(=O)NC1c1ccc(F)cc1. The molecule has 1 fully saturated rings. The van der Waals surface area contributed by atoms with Crippen LogP contribution in [0.15, 0.2) is 53.0 Å². The Balaban J connectivity index is 1.61.